The summed E-state index contributed by atoms with van der Waals surface area (Å²) in [5, 5.41) is 16.9. The van der Waals surface area contributed by atoms with Gasteiger partial charge in [-0.15, -0.1) is 0 Å². The van der Waals surface area contributed by atoms with Crippen LogP contribution < -0.4 is 33.2 Å². The predicted molar refractivity (Wildman–Crippen MR) is 130 cm³/mol. The predicted octanol–water partition coefficient (Wildman–Crippen LogP) is -2.13. The van der Waals surface area contributed by atoms with Crippen molar-refractivity contribution in [1.82, 2.24) is 25.9 Å². The van der Waals surface area contributed by atoms with E-state index in [0.29, 0.717) is 37.9 Å². The SMILES string of the molecule is CCC(C)C(NC(=O)C(CC(N)=O)NC(=O)C(N)CCCCN)C(=O)NC(Cc1cnc[nH]1)C(=O)O. The Morgan fingerprint density at radius 2 is 1.72 bits per heavy atom. The molecular weight excluding hydrogens is 472 g/mol. The monoisotopic (exact) mass is 510 g/mol. The van der Waals surface area contributed by atoms with Crippen LogP contribution in [-0.2, 0) is 30.4 Å². The Hall–Kier alpha value is -3.52. The summed E-state index contributed by atoms with van der Waals surface area (Å²) in [5.41, 5.74) is 17.1. The van der Waals surface area contributed by atoms with Crippen molar-refractivity contribution in [1.29, 1.82) is 0 Å². The third kappa shape index (κ3) is 10.4. The van der Waals surface area contributed by atoms with Crippen molar-refractivity contribution in [3.63, 3.8) is 0 Å². The summed E-state index contributed by atoms with van der Waals surface area (Å²) in [5.74, 6) is -4.72. The lowest BCUT2D eigenvalue weighted by Gasteiger charge is -2.27. The highest BCUT2D eigenvalue weighted by atomic mass is 16.4. The second-order valence-corrected chi connectivity index (χ2v) is 8.67. The van der Waals surface area contributed by atoms with Crippen molar-refractivity contribution in [2.45, 2.75) is 76.5 Å². The highest BCUT2D eigenvalue weighted by molar-refractivity contribution is 5.96. The van der Waals surface area contributed by atoms with Crippen molar-refractivity contribution in [3.05, 3.63) is 18.2 Å². The van der Waals surface area contributed by atoms with Gasteiger partial charge in [0.15, 0.2) is 0 Å². The van der Waals surface area contributed by atoms with Gasteiger partial charge in [0.1, 0.15) is 18.1 Å². The molecule has 4 amide bonds. The number of nitrogens with zero attached hydrogens (tertiary/aromatic N) is 1. The Morgan fingerprint density at radius 3 is 2.25 bits per heavy atom. The van der Waals surface area contributed by atoms with Gasteiger partial charge >= 0.3 is 5.97 Å². The highest BCUT2D eigenvalue weighted by Gasteiger charge is 2.33. The van der Waals surface area contributed by atoms with E-state index in [9.17, 15) is 29.1 Å². The number of imidazole rings is 1. The lowest BCUT2D eigenvalue weighted by atomic mass is 9.97. The van der Waals surface area contributed by atoms with Gasteiger partial charge < -0.3 is 43.2 Å². The van der Waals surface area contributed by atoms with Crippen LogP contribution in [0.5, 0.6) is 0 Å². The van der Waals surface area contributed by atoms with E-state index in [2.05, 4.69) is 25.9 Å². The molecule has 5 unspecified atom stereocenters. The summed E-state index contributed by atoms with van der Waals surface area (Å²) in [6.07, 6.45) is 4.34. The normalized spacial score (nSPS) is 15.1. The number of primary amides is 1. The van der Waals surface area contributed by atoms with Crippen LogP contribution in [0.15, 0.2) is 12.5 Å². The zero-order valence-corrected chi connectivity index (χ0v) is 20.7. The first kappa shape index (κ1) is 30.5. The van der Waals surface area contributed by atoms with Gasteiger partial charge in [0, 0.05) is 18.3 Å². The number of carboxylic acids is 1. The van der Waals surface area contributed by atoms with E-state index in [0.717, 1.165) is 0 Å². The van der Waals surface area contributed by atoms with Gasteiger partial charge in [-0.2, -0.15) is 0 Å². The number of aromatic nitrogens is 2. The molecule has 202 valence electrons. The molecule has 0 bridgehead atoms. The molecular formula is C22H38N8O6. The highest BCUT2D eigenvalue weighted by Crippen LogP contribution is 2.10. The molecule has 0 saturated heterocycles. The van der Waals surface area contributed by atoms with Crippen LogP contribution in [0.25, 0.3) is 0 Å². The van der Waals surface area contributed by atoms with E-state index in [-0.39, 0.29) is 6.42 Å². The molecule has 0 radical (unpaired) electrons. The fourth-order valence-corrected chi connectivity index (χ4v) is 3.36. The van der Waals surface area contributed by atoms with E-state index in [1.54, 1.807) is 13.8 Å². The van der Waals surface area contributed by atoms with Crippen molar-refractivity contribution in [2.24, 2.45) is 23.1 Å². The summed E-state index contributed by atoms with van der Waals surface area (Å²) in [4.78, 5) is 68.3. The number of carbonyl (C=O) groups excluding carboxylic acids is 4. The number of nitrogens with two attached hydrogens (primary N) is 3. The molecule has 36 heavy (non-hydrogen) atoms. The first-order valence-electron chi connectivity index (χ1n) is 11.8. The van der Waals surface area contributed by atoms with Crippen molar-refractivity contribution < 1.29 is 29.1 Å². The fourth-order valence-electron chi connectivity index (χ4n) is 3.36. The number of amides is 4. The Labute approximate surface area is 209 Å². The molecule has 0 fully saturated rings. The van der Waals surface area contributed by atoms with E-state index in [1.165, 1.54) is 12.5 Å². The van der Waals surface area contributed by atoms with E-state index in [4.69, 9.17) is 17.2 Å². The van der Waals surface area contributed by atoms with Crippen molar-refractivity contribution >= 4 is 29.6 Å². The Bertz CT molecular complexity index is 878. The Balaban J connectivity index is 2.96. The van der Waals surface area contributed by atoms with Crippen LogP contribution in [-0.4, -0.2) is 75.4 Å². The molecule has 1 heterocycles. The van der Waals surface area contributed by atoms with Gasteiger partial charge in [-0.25, -0.2) is 9.78 Å². The lowest BCUT2D eigenvalue weighted by molar-refractivity contribution is -0.142. The molecule has 1 aromatic heterocycles. The minimum atomic E-state index is -1.37. The zero-order chi connectivity index (χ0) is 27.3. The van der Waals surface area contributed by atoms with Crippen LogP contribution >= 0.6 is 0 Å². The summed E-state index contributed by atoms with van der Waals surface area (Å²) in [6.45, 7) is 3.94. The van der Waals surface area contributed by atoms with Gasteiger partial charge in [0.2, 0.25) is 23.6 Å². The van der Waals surface area contributed by atoms with Gasteiger partial charge in [0.25, 0.3) is 0 Å². The third-order valence-electron chi connectivity index (χ3n) is 5.73. The molecule has 11 N–H and O–H groups in total. The molecule has 0 spiro atoms. The third-order valence-corrected chi connectivity index (χ3v) is 5.73. The standard InChI is InChI=1S/C22H38N8O6/c1-3-12(2)18(21(34)29-16(22(35)36)8-13-10-26-11-27-13)30-20(33)15(9-17(25)31)28-19(32)14(24)6-4-5-7-23/h10-12,14-16,18H,3-9,23-24H2,1-2H3,(H2,25,31)(H,26,27)(H,28,32)(H,29,34)(H,30,33)(H,35,36). The number of aliphatic carboxylic acids is 1. The van der Waals surface area contributed by atoms with E-state index >= 15 is 0 Å². The van der Waals surface area contributed by atoms with Gasteiger partial charge in [-0.1, -0.05) is 26.7 Å². The first-order valence-corrected chi connectivity index (χ1v) is 11.8. The zero-order valence-electron chi connectivity index (χ0n) is 20.7. The van der Waals surface area contributed by atoms with Crippen LogP contribution in [0.4, 0.5) is 0 Å². The molecule has 0 aliphatic heterocycles. The Morgan fingerprint density at radius 1 is 1.06 bits per heavy atom. The number of hydrogen-bond donors (Lipinski definition) is 8. The number of H-pyrrole nitrogens is 1. The minimum Gasteiger partial charge on any atom is -0.480 e. The van der Waals surface area contributed by atoms with Crippen molar-refractivity contribution in [2.75, 3.05) is 6.54 Å². The maximum atomic E-state index is 13.0. The lowest BCUT2D eigenvalue weighted by Crippen LogP contribution is -2.59. The maximum absolute atomic E-state index is 13.0. The molecule has 1 aromatic rings. The molecule has 0 aliphatic rings. The van der Waals surface area contributed by atoms with Crippen LogP contribution in [0, 0.1) is 5.92 Å². The summed E-state index contributed by atoms with van der Waals surface area (Å²) in [6, 6.07) is -4.71. The molecule has 0 aromatic carbocycles. The van der Waals surface area contributed by atoms with E-state index in [1.807, 2.05) is 0 Å². The number of unbranched alkanes of at least 4 members (excludes halogenated alkanes) is 1. The summed E-state index contributed by atoms with van der Waals surface area (Å²) >= 11 is 0. The molecule has 5 atom stereocenters. The average molecular weight is 511 g/mol. The molecule has 0 aliphatic carbocycles. The molecule has 14 heteroatoms. The first-order chi connectivity index (χ1) is 17.0. The smallest absolute Gasteiger partial charge is 0.326 e. The molecule has 1 rings (SSSR count). The topological polar surface area (TPSA) is 248 Å². The van der Waals surface area contributed by atoms with Gasteiger partial charge in [-0.05, 0) is 25.3 Å². The molecule has 14 nitrogen and oxygen atoms in total. The summed E-state index contributed by atoms with van der Waals surface area (Å²) in [7, 11) is 0. The second-order valence-electron chi connectivity index (χ2n) is 8.67. The number of carboxylic acid groups (broad SMARTS) is 1. The van der Waals surface area contributed by atoms with Crippen molar-refractivity contribution in [3.8, 4) is 0 Å². The van der Waals surface area contributed by atoms with E-state index < -0.39 is 66.1 Å². The number of carbonyl (C=O) groups is 5. The van der Waals surface area contributed by atoms with Gasteiger partial charge in [0.05, 0.1) is 18.8 Å². The quantitative estimate of drug-likeness (QED) is 0.106. The minimum absolute atomic E-state index is 0.0509. The maximum Gasteiger partial charge on any atom is 0.326 e. The van der Waals surface area contributed by atoms with Crippen LogP contribution in [0.2, 0.25) is 0 Å². The number of nitrogens with one attached hydrogen (secondary N) is 4. The van der Waals surface area contributed by atoms with Gasteiger partial charge in [-0.3, -0.25) is 19.2 Å². The number of rotatable bonds is 17. The molecule has 0 saturated carbocycles. The number of hydrogen-bond acceptors (Lipinski definition) is 8. The fraction of sp³-hybridized carbons (Fsp3) is 0.636. The second kappa shape index (κ2) is 15.5. The van der Waals surface area contributed by atoms with Crippen LogP contribution in [0.1, 0.15) is 51.6 Å². The average Bonchev–Trinajstić information content (AvgIpc) is 3.33. The summed E-state index contributed by atoms with van der Waals surface area (Å²) < 4.78 is 0. The van der Waals surface area contributed by atoms with Crippen LogP contribution in [0.3, 0.4) is 0 Å². The Kier molecular flexibility index (Phi) is 13.1. The number of aromatic amines is 1. The largest absolute Gasteiger partial charge is 0.480 e.